The van der Waals surface area contributed by atoms with E-state index in [-0.39, 0.29) is 12.8 Å². The van der Waals surface area contributed by atoms with Gasteiger partial charge in [0, 0.05) is 19.8 Å². The lowest BCUT2D eigenvalue weighted by molar-refractivity contribution is -0.258. The van der Waals surface area contributed by atoms with Gasteiger partial charge in [0.25, 0.3) is 0 Å². The number of aliphatic hydroxyl groups is 1. The zero-order valence-electron chi connectivity index (χ0n) is 17.9. The number of ether oxygens (including phenoxy) is 2. The van der Waals surface area contributed by atoms with Gasteiger partial charge in [-0.15, -0.1) is 0 Å². The van der Waals surface area contributed by atoms with Gasteiger partial charge in [-0.1, -0.05) is 62.1 Å². The molecule has 0 heterocycles. The second-order valence-electron chi connectivity index (χ2n) is 7.14. The van der Waals surface area contributed by atoms with E-state index in [1.165, 1.54) is 6.92 Å². The van der Waals surface area contributed by atoms with E-state index >= 15 is 0 Å². The molecule has 0 saturated carbocycles. The number of carbonyl (C=O) groups is 2. The standard InChI is InChI=1S/C14H14O3.C10H18O4/c1-14(15,16-12-8-4-2-5-9-12)17-13-10-6-3-7-11-13;11-9(12)7-5-3-1-2-4-6-8-10(13)14/h2-11,15H,1H3;1-8H2,(H,11,12)(H,13,14). The summed E-state index contributed by atoms with van der Waals surface area (Å²) in [5.41, 5.74) is 0. The third kappa shape index (κ3) is 14.5. The maximum absolute atomic E-state index is 10.1. The highest BCUT2D eigenvalue weighted by Gasteiger charge is 2.24. The first kappa shape index (κ1) is 26.0. The van der Waals surface area contributed by atoms with Crippen molar-refractivity contribution in [2.45, 2.75) is 64.3 Å². The van der Waals surface area contributed by atoms with Crippen LogP contribution in [0, 0.1) is 0 Å². The summed E-state index contributed by atoms with van der Waals surface area (Å²) in [5, 5.41) is 26.7. The largest absolute Gasteiger partial charge is 0.481 e. The normalized spacial score (nSPS) is 10.5. The first-order chi connectivity index (χ1) is 14.8. The van der Waals surface area contributed by atoms with Crippen LogP contribution in [0.3, 0.4) is 0 Å². The van der Waals surface area contributed by atoms with Gasteiger partial charge in [-0.3, -0.25) is 9.59 Å². The third-order valence-corrected chi connectivity index (χ3v) is 4.13. The van der Waals surface area contributed by atoms with Crippen LogP contribution in [0.15, 0.2) is 60.7 Å². The average Bonchev–Trinajstić information content (AvgIpc) is 2.71. The summed E-state index contributed by atoms with van der Waals surface area (Å²) < 4.78 is 10.7. The molecule has 0 aliphatic heterocycles. The molecular formula is C24H32O7. The van der Waals surface area contributed by atoms with Crippen molar-refractivity contribution in [1.29, 1.82) is 0 Å². The molecule has 2 rings (SSSR count). The van der Waals surface area contributed by atoms with Gasteiger partial charge in [-0.05, 0) is 37.1 Å². The van der Waals surface area contributed by atoms with Gasteiger partial charge >= 0.3 is 17.9 Å². The molecule has 0 unspecified atom stereocenters. The quantitative estimate of drug-likeness (QED) is 0.298. The van der Waals surface area contributed by atoms with Gasteiger partial charge in [0.2, 0.25) is 0 Å². The Labute approximate surface area is 183 Å². The number of rotatable bonds is 13. The van der Waals surface area contributed by atoms with Crippen LogP contribution >= 0.6 is 0 Å². The van der Waals surface area contributed by atoms with Crippen molar-refractivity contribution < 1.29 is 34.4 Å². The molecule has 0 aromatic heterocycles. The van der Waals surface area contributed by atoms with Crippen molar-refractivity contribution in [1.82, 2.24) is 0 Å². The molecule has 2 aromatic carbocycles. The second kappa shape index (κ2) is 14.8. The molecule has 3 N–H and O–H groups in total. The van der Waals surface area contributed by atoms with E-state index in [1.807, 2.05) is 36.4 Å². The van der Waals surface area contributed by atoms with Gasteiger partial charge in [-0.25, -0.2) is 0 Å². The molecule has 7 nitrogen and oxygen atoms in total. The Morgan fingerprint density at radius 3 is 1.32 bits per heavy atom. The van der Waals surface area contributed by atoms with Gasteiger partial charge in [-0.2, -0.15) is 0 Å². The summed E-state index contributed by atoms with van der Waals surface area (Å²) in [6.45, 7) is 1.45. The number of carboxylic acids is 2. The van der Waals surface area contributed by atoms with Gasteiger partial charge in [0.1, 0.15) is 11.5 Å². The lowest BCUT2D eigenvalue weighted by atomic mass is 10.1. The van der Waals surface area contributed by atoms with Gasteiger partial charge in [0.15, 0.2) is 0 Å². The number of unbranched alkanes of at least 4 members (excludes halogenated alkanes) is 5. The lowest BCUT2D eigenvalue weighted by Crippen LogP contribution is -2.38. The van der Waals surface area contributed by atoms with Crippen LogP contribution in [-0.4, -0.2) is 33.2 Å². The van der Waals surface area contributed by atoms with Crippen molar-refractivity contribution in [2.24, 2.45) is 0 Å². The fourth-order valence-corrected chi connectivity index (χ4v) is 2.69. The summed E-state index contributed by atoms with van der Waals surface area (Å²) in [6, 6.07) is 18.1. The topological polar surface area (TPSA) is 113 Å². The Balaban J connectivity index is 0.000000318. The predicted molar refractivity (Wildman–Crippen MR) is 117 cm³/mol. The highest BCUT2D eigenvalue weighted by Crippen LogP contribution is 2.20. The van der Waals surface area contributed by atoms with Crippen molar-refractivity contribution >= 4 is 11.9 Å². The van der Waals surface area contributed by atoms with Crippen LogP contribution in [0.5, 0.6) is 11.5 Å². The van der Waals surface area contributed by atoms with E-state index in [4.69, 9.17) is 19.7 Å². The molecule has 2 aromatic rings. The minimum Gasteiger partial charge on any atom is -0.481 e. The first-order valence-electron chi connectivity index (χ1n) is 10.4. The molecule has 0 bridgehead atoms. The van der Waals surface area contributed by atoms with Crippen LogP contribution in [0.25, 0.3) is 0 Å². The van der Waals surface area contributed by atoms with Crippen molar-refractivity contribution in [3.05, 3.63) is 60.7 Å². The Morgan fingerprint density at radius 2 is 1.00 bits per heavy atom. The fraction of sp³-hybridized carbons (Fsp3) is 0.417. The number of para-hydroxylation sites is 2. The van der Waals surface area contributed by atoms with E-state index in [0.717, 1.165) is 38.5 Å². The average molecular weight is 433 g/mol. The van der Waals surface area contributed by atoms with E-state index in [0.29, 0.717) is 11.5 Å². The molecular weight excluding hydrogens is 400 g/mol. The highest BCUT2D eigenvalue weighted by molar-refractivity contribution is 5.66. The number of hydrogen-bond donors (Lipinski definition) is 3. The van der Waals surface area contributed by atoms with Gasteiger partial charge < -0.3 is 24.8 Å². The van der Waals surface area contributed by atoms with E-state index in [2.05, 4.69) is 0 Å². The van der Waals surface area contributed by atoms with Crippen LogP contribution in [0.1, 0.15) is 58.3 Å². The summed E-state index contributed by atoms with van der Waals surface area (Å²) in [5.74, 6) is -2.07. The zero-order chi connectivity index (χ0) is 23.0. The molecule has 0 radical (unpaired) electrons. The molecule has 0 atom stereocenters. The van der Waals surface area contributed by atoms with Crippen LogP contribution in [-0.2, 0) is 9.59 Å². The maximum Gasteiger partial charge on any atom is 0.366 e. The summed E-state index contributed by atoms with van der Waals surface area (Å²) in [4.78, 5) is 20.3. The molecule has 0 saturated heterocycles. The second-order valence-corrected chi connectivity index (χ2v) is 7.14. The molecule has 0 aliphatic carbocycles. The van der Waals surface area contributed by atoms with E-state index in [1.54, 1.807) is 24.3 Å². The SMILES string of the molecule is CC(O)(Oc1ccccc1)Oc1ccccc1.O=C(O)CCCCCCCCC(=O)O. The van der Waals surface area contributed by atoms with Crippen molar-refractivity contribution in [2.75, 3.05) is 0 Å². The van der Waals surface area contributed by atoms with Crippen LogP contribution in [0.4, 0.5) is 0 Å². The van der Waals surface area contributed by atoms with E-state index in [9.17, 15) is 14.7 Å². The Morgan fingerprint density at radius 1 is 0.677 bits per heavy atom. The fourth-order valence-electron chi connectivity index (χ4n) is 2.69. The smallest absolute Gasteiger partial charge is 0.366 e. The predicted octanol–water partition coefficient (Wildman–Crippen LogP) is 5.09. The molecule has 0 fully saturated rings. The molecule has 170 valence electrons. The number of aliphatic carboxylic acids is 2. The summed E-state index contributed by atoms with van der Waals surface area (Å²) in [7, 11) is 0. The van der Waals surface area contributed by atoms with Crippen molar-refractivity contribution in [3.8, 4) is 11.5 Å². The monoisotopic (exact) mass is 432 g/mol. The number of carboxylic acid groups (broad SMARTS) is 2. The number of benzene rings is 2. The molecule has 0 amide bonds. The Kier molecular flexibility index (Phi) is 12.4. The zero-order valence-corrected chi connectivity index (χ0v) is 17.9. The van der Waals surface area contributed by atoms with Crippen LogP contribution in [0.2, 0.25) is 0 Å². The first-order valence-corrected chi connectivity index (χ1v) is 10.4. The third-order valence-electron chi connectivity index (χ3n) is 4.13. The lowest BCUT2D eigenvalue weighted by Gasteiger charge is -2.25. The minimum atomic E-state index is -1.69. The molecule has 0 aliphatic rings. The molecule has 7 heteroatoms. The Bertz CT molecular complexity index is 682. The summed E-state index contributed by atoms with van der Waals surface area (Å²) >= 11 is 0. The van der Waals surface area contributed by atoms with Gasteiger partial charge in [0.05, 0.1) is 0 Å². The highest BCUT2D eigenvalue weighted by atomic mass is 16.8. The molecule has 0 spiro atoms. The molecule has 31 heavy (non-hydrogen) atoms. The summed E-state index contributed by atoms with van der Waals surface area (Å²) in [6.07, 6.45) is 5.82. The van der Waals surface area contributed by atoms with Crippen LogP contribution < -0.4 is 9.47 Å². The van der Waals surface area contributed by atoms with Crippen molar-refractivity contribution in [3.63, 3.8) is 0 Å². The Hall–Kier alpha value is -3.06. The minimum absolute atomic E-state index is 0.245. The maximum atomic E-state index is 10.1. The number of hydrogen-bond acceptors (Lipinski definition) is 5. The van der Waals surface area contributed by atoms with E-state index < -0.39 is 17.9 Å².